The number of fused-ring (bicyclic) bond motifs is 12. The summed E-state index contributed by atoms with van der Waals surface area (Å²) in [5.74, 6) is 0. The van der Waals surface area contributed by atoms with E-state index in [4.69, 9.17) is 4.99 Å². The number of hydrogen-bond acceptors (Lipinski definition) is 3. The molecular weight excluding hydrogens is 873 g/mol. The van der Waals surface area contributed by atoms with Gasteiger partial charge < -0.3 is 4.57 Å². The van der Waals surface area contributed by atoms with Crippen molar-refractivity contribution in [2.75, 3.05) is 0 Å². The predicted octanol–water partition coefficient (Wildman–Crippen LogP) is 19.1. The highest BCUT2D eigenvalue weighted by molar-refractivity contribution is 7.26. The van der Waals surface area contributed by atoms with E-state index >= 15 is 0 Å². The van der Waals surface area contributed by atoms with Gasteiger partial charge in [-0.3, -0.25) is 4.99 Å². The van der Waals surface area contributed by atoms with Gasteiger partial charge in [-0.25, -0.2) is 0 Å². The van der Waals surface area contributed by atoms with Crippen LogP contribution in [0.5, 0.6) is 0 Å². The molecule has 1 atom stereocenters. The summed E-state index contributed by atoms with van der Waals surface area (Å²) in [6.45, 7) is 11.3. The summed E-state index contributed by atoms with van der Waals surface area (Å²) >= 11 is 3.74. The number of rotatable bonds is 8. The molecule has 1 unspecified atom stereocenters. The number of thiophene rings is 2. The second-order valence-corrected chi connectivity index (χ2v) is 20.6. The van der Waals surface area contributed by atoms with Crippen molar-refractivity contribution in [3.8, 4) is 16.8 Å². The Kier molecular flexibility index (Phi) is 9.83. The number of aliphatic imine (C=N–C) groups is 1. The third-order valence-electron chi connectivity index (χ3n) is 14.3. The van der Waals surface area contributed by atoms with Crippen molar-refractivity contribution in [1.82, 2.24) is 4.57 Å². The van der Waals surface area contributed by atoms with Gasteiger partial charge in [-0.1, -0.05) is 176 Å². The van der Waals surface area contributed by atoms with E-state index in [1.54, 1.807) is 0 Å². The molecule has 0 spiro atoms. The van der Waals surface area contributed by atoms with Crippen LogP contribution < -0.4 is 0 Å². The van der Waals surface area contributed by atoms with Gasteiger partial charge in [-0.05, 0) is 113 Å². The first-order valence-electron chi connectivity index (χ1n) is 23.7. The Bertz CT molecular complexity index is 4310. The Balaban J connectivity index is 1.10. The van der Waals surface area contributed by atoms with Gasteiger partial charge >= 0.3 is 0 Å². The Morgan fingerprint density at radius 2 is 1.10 bits per heavy atom. The van der Waals surface area contributed by atoms with E-state index in [1.165, 1.54) is 112 Å². The first kappa shape index (κ1) is 41.3. The van der Waals surface area contributed by atoms with Crippen LogP contribution in [0.2, 0.25) is 0 Å². The minimum Gasteiger partial charge on any atom is -0.307 e. The zero-order valence-corrected chi connectivity index (χ0v) is 40.3. The predicted molar refractivity (Wildman–Crippen MR) is 302 cm³/mol. The van der Waals surface area contributed by atoms with Gasteiger partial charge in [-0.15, -0.1) is 22.7 Å². The van der Waals surface area contributed by atoms with E-state index in [0.717, 1.165) is 28.0 Å². The molecule has 4 heteroatoms. The molecule has 3 aromatic heterocycles. The van der Waals surface area contributed by atoms with Crippen LogP contribution in [0.1, 0.15) is 43.5 Å². The van der Waals surface area contributed by atoms with E-state index in [9.17, 15) is 0 Å². The lowest BCUT2D eigenvalue weighted by molar-refractivity contribution is 0.853. The minimum absolute atomic E-state index is 0.282. The lowest BCUT2D eigenvalue weighted by Gasteiger charge is -2.20. The molecule has 0 amide bonds. The van der Waals surface area contributed by atoms with Crippen molar-refractivity contribution in [1.29, 1.82) is 0 Å². The molecule has 0 radical (unpaired) electrons. The Morgan fingerprint density at radius 3 is 1.87 bits per heavy atom. The minimum atomic E-state index is -0.282. The molecule has 0 aliphatic carbocycles. The molecule has 13 aromatic rings. The van der Waals surface area contributed by atoms with Gasteiger partial charge in [0.05, 0.1) is 33.2 Å². The maximum atomic E-state index is 5.90. The van der Waals surface area contributed by atoms with Crippen LogP contribution in [0, 0.1) is 0 Å². The van der Waals surface area contributed by atoms with Crippen molar-refractivity contribution in [3.05, 3.63) is 241 Å². The van der Waals surface area contributed by atoms with Crippen LogP contribution in [-0.4, -0.2) is 10.3 Å². The van der Waals surface area contributed by atoms with Gasteiger partial charge in [0.15, 0.2) is 0 Å². The fourth-order valence-electron chi connectivity index (χ4n) is 10.7. The molecule has 0 aliphatic heterocycles. The largest absolute Gasteiger partial charge is 0.307 e. The van der Waals surface area contributed by atoms with E-state index in [2.05, 4.69) is 238 Å². The second-order valence-electron chi connectivity index (χ2n) is 18.5. The summed E-state index contributed by atoms with van der Waals surface area (Å²) in [5, 5.41) is 12.5. The molecule has 10 aromatic carbocycles. The van der Waals surface area contributed by atoms with Crippen LogP contribution in [-0.2, 0) is 0 Å². The van der Waals surface area contributed by atoms with Crippen LogP contribution >= 0.6 is 22.7 Å². The average molecular weight is 919 g/mol. The van der Waals surface area contributed by atoms with E-state index in [-0.39, 0.29) is 6.04 Å². The summed E-state index contributed by atoms with van der Waals surface area (Å²) in [6.07, 6.45) is 0. The Labute approximate surface area is 409 Å². The van der Waals surface area contributed by atoms with Crippen molar-refractivity contribution in [2.24, 2.45) is 4.99 Å². The van der Waals surface area contributed by atoms with E-state index < -0.39 is 0 Å². The highest BCUT2D eigenvalue weighted by Crippen LogP contribution is 2.46. The van der Waals surface area contributed by atoms with Crippen LogP contribution in [0.25, 0.3) is 106 Å². The van der Waals surface area contributed by atoms with Gasteiger partial charge in [-0.2, -0.15) is 0 Å². The number of nitrogens with zero attached hydrogens (tertiary/aromatic N) is 2. The van der Waals surface area contributed by atoms with Crippen molar-refractivity contribution < 1.29 is 0 Å². The van der Waals surface area contributed by atoms with Gasteiger partial charge in [0, 0.05) is 57.4 Å². The van der Waals surface area contributed by atoms with Crippen LogP contribution in [0.15, 0.2) is 229 Å². The maximum Gasteiger partial charge on any atom is 0.0962 e. The molecule has 0 saturated heterocycles. The van der Waals surface area contributed by atoms with Crippen LogP contribution in [0.4, 0.5) is 0 Å². The summed E-state index contributed by atoms with van der Waals surface area (Å²) < 4.78 is 7.64. The smallest absolute Gasteiger partial charge is 0.0962 e. The van der Waals surface area contributed by atoms with Crippen molar-refractivity contribution in [3.63, 3.8) is 0 Å². The fourth-order valence-corrected chi connectivity index (χ4v) is 13.1. The van der Waals surface area contributed by atoms with Gasteiger partial charge in [0.2, 0.25) is 0 Å². The molecule has 69 heavy (non-hydrogen) atoms. The standard InChI is InChI=1S/C65H46N2S2/c1-39(2)61(47-24-16-23-44(34-47)42-18-6-5-7-19-42)66-62(54-29-17-28-53-50-26-12-14-30-59(50)68-64(53)54)41(4)40(3)48-36-56-51-27-13-15-31-60(51)69-65(56)58(38-48)67-57-37-46-22-9-8-21-45(46)35-55(57)52-33-32-43-20-10-11-25-49(43)63(52)67/h5-38,61H,1H2,2-4H3/b41-40+,66-62+. The number of hydrogen-bond donors (Lipinski definition) is 0. The second kappa shape index (κ2) is 16.4. The molecule has 0 N–H and O–H groups in total. The quantitative estimate of drug-likeness (QED) is 0.107. The van der Waals surface area contributed by atoms with Gasteiger partial charge in [0.1, 0.15) is 0 Å². The molecule has 13 rings (SSSR count). The molecule has 0 fully saturated rings. The molecule has 3 heterocycles. The van der Waals surface area contributed by atoms with Crippen LogP contribution in [0.3, 0.4) is 0 Å². The number of aromatic nitrogens is 1. The summed E-state index contributed by atoms with van der Waals surface area (Å²) in [6, 6.07) is 75.5. The number of allylic oxidation sites excluding steroid dienone is 2. The molecule has 0 bridgehead atoms. The molecular formula is C65H46N2S2. The monoisotopic (exact) mass is 918 g/mol. The lowest BCUT2D eigenvalue weighted by Crippen LogP contribution is -2.10. The summed E-state index contributed by atoms with van der Waals surface area (Å²) in [7, 11) is 0. The van der Waals surface area contributed by atoms with E-state index in [0.29, 0.717) is 0 Å². The lowest BCUT2D eigenvalue weighted by atomic mass is 9.92. The summed E-state index contributed by atoms with van der Waals surface area (Å²) in [4.78, 5) is 5.90. The SMILES string of the molecule is C=C(C)C(/N=C(\C(C)=C(/C)c1cc(-n2c3cc4ccccc4cc3c3ccc4ccccc4c32)c2sc3ccccc3c2c1)c1cccc2c1sc1ccccc12)c1cccc(-c2ccccc2)c1. The third-order valence-corrected chi connectivity index (χ3v) is 16.7. The maximum absolute atomic E-state index is 5.90. The highest BCUT2D eigenvalue weighted by Gasteiger charge is 2.24. The third kappa shape index (κ3) is 6.77. The van der Waals surface area contributed by atoms with Gasteiger partial charge in [0.25, 0.3) is 0 Å². The zero-order chi connectivity index (χ0) is 46.3. The normalized spacial score (nSPS) is 13.2. The molecule has 0 saturated carbocycles. The average Bonchev–Trinajstić information content (AvgIpc) is 4.08. The first-order chi connectivity index (χ1) is 33.9. The molecule has 2 nitrogen and oxygen atoms in total. The molecule has 328 valence electrons. The molecule has 0 aliphatic rings. The fraction of sp³-hybridized carbons (Fsp3) is 0.0615. The Morgan fingerprint density at radius 1 is 0.478 bits per heavy atom. The van der Waals surface area contributed by atoms with E-state index in [1.807, 2.05) is 22.7 Å². The summed E-state index contributed by atoms with van der Waals surface area (Å²) in [5.41, 5.74) is 13.7. The van der Waals surface area contributed by atoms with Crippen molar-refractivity contribution in [2.45, 2.75) is 26.8 Å². The first-order valence-corrected chi connectivity index (χ1v) is 25.3. The Hall–Kier alpha value is -7.89. The topological polar surface area (TPSA) is 17.3 Å². The highest BCUT2D eigenvalue weighted by atomic mass is 32.1. The zero-order valence-electron chi connectivity index (χ0n) is 38.6. The van der Waals surface area contributed by atoms with Crippen molar-refractivity contribution >= 4 is 118 Å². The number of benzene rings is 10.